The highest BCUT2D eigenvalue weighted by atomic mass is 79.9. The lowest BCUT2D eigenvalue weighted by Gasteiger charge is -2.35. The number of rotatable bonds is 3. The first kappa shape index (κ1) is 15.7. The van der Waals surface area contributed by atoms with Crippen molar-refractivity contribution in [3.63, 3.8) is 0 Å². The summed E-state index contributed by atoms with van der Waals surface area (Å²) in [6.45, 7) is 3.30. The molecule has 110 valence electrons. The lowest BCUT2D eigenvalue weighted by molar-refractivity contribution is 0.110. The molecule has 0 spiro atoms. The van der Waals surface area contributed by atoms with Crippen LogP contribution in [0, 0.1) is 11.7 Å². The molecule has 20 heavy (non-hydrogen) atoms. The zero-order chi connectivity index (χ0) is 14.9. The maximum absolute atomic E-state index is 14.4. The van der Waals surface area contributed by atoms with Gasteiger partial charge < -0.3 is 15.7 Å². The molecule has 0 aliphatic carbocycles. The average molecular weight is 361 g/mol. The van der Waals surface area contributed by atoms with Gasteiger partial charge in [0.15, 0.2) is 5.82 Å². The topological polar surface area (TPSA) is 49.5 Å². The van der Waals surface area contributed by atoms with Crippen LogP contribution in [0.4, 0.5) is 10.1 Å². The molecule has 1 aromatic rings. The van der Waals surface area contributed by atoms with Gasteiger partial charge in [0.25, 0.3) is 0 Å². The lowest BCUT2D eigenvalue weighted by atomic mass is 9.92. The molecule has 3 nitrogen and oxygen atoms in total. The zero-order valence-electron chi connectivity index (χ0n) is 11.3. The van der Waals surface area contributed by atoms with Crippen LogP contribution in [0.2, 0.25) is 0 Å². The van der Waals surface area contributed by atoms with E-state index in [1.54, 1.807) is 12.1 Å². The number of thiocarbonyl (C=S) groups is 1. The third-order valence-corrected chi connectivity index (χ3v) is 4.89. The molecule has 1 saturated heterocycles. The van der Waals surface area contributed by atoms with Crippen molar-refractivity contribution in [1.82, 2.24) is 0 Å². The van der Waals surface area contributed by atoms with Crippen molar-refractivity contribution < 1.29 is 9.50 Å². The van der Waals surface area contributed by atoms with E-state index in [9.17, 15) is 9.50 Å². The van der Waals surface area contributed by atoms with Gasteiger partial charge in [-0.25, -0.2) is 4.39 Å². The number of nitrogens with two attached hydrogens (primary N) is 1. The predicted octanol–water partition coefficient (Wildman–Crippen LogP) is 2.82. The van der Waals surface area contributed by atoms with Gasteiger partial charge in [-0.1, -0.05) is 12.2 Å². The molecular weight excluding hydrogens is 343 g/mol. The summed E-state index contributed by atoms with van der Waals surface area (Å²) in [5, 5.41) is 9.60. The van der Waals surface area contributed by atoms with Crippen molar-refractivity contribution in [2.24, 2.45) is 11.7 Å². The summed E-state index contributed by atoms with van der Waals surface area (Å²) in [6.07, 6.45) is 1.43. The molecule has 0 bridgehead atoms. The second-order valence-electron chi connectivity index (χ2n) is 5.19. The molecule has 1 fully saturated rings. The summed E-state index contributed by atoms with van der Waals surface area (Å²) in [5.74, 6) is -0.0283. The highest BCUT2D eigenvalue weighted by Gasteiger charge is 2.25. The summed E-state index contributed by atoms with van der Waals surface area (Å²) in [5.41, 5.74) is 6.63. The van der Waals surface area contributed by atoms with Gasteiger partial charge in [-0.05, 0) is 53.7 Å². The number of hydrogen-bond acceptors (Lipinski definition) is 3. The number of aliphatic hydroxyl groups excluding tert-OH is 1. The molecule has 1 aliphatic heterocycles. The Morgan fingerprint density at radius 1 is 1.50 bits per heavy atom. The van der Waals surface area contributed by atoms with E-state index in [2.05, 4.69) is 15.9 Å². The van der Waals surface area contributed by atoms with Crippen LogP contribution < -0.4 is 10.6 Å². The second kappa shape index (κ2) is 6.37. The van der Waals surface area contributed by atoms with Crippen LogP contribution in [0.15, 0.2) is 16.6 Å². The van der Waals surface area contributed by atoms with Gasteiger partial charge in [0.05, 0.1) is 16.3 Å². The molecule has 0 amide bonds. The molecule has 6 heteroatoms. The minimum atomic E-state index is -0.328. The van der Waals surface area contributed by atoms with Crippen molar-refractivity contribution in [2.45, 2.75) is 25.9 Å². The molecule has 1 aromatic carbocycles. The Labute approximate surface area is 132 Å². The van der Waals surface area contributed by atoms with E-state index in [-0.39, 0.29) is 16.9 Å². The van der Waals surface area contributed by atoms with Crippen molar-refractivity contribution in [2.75, 3.05) is 18.0 Å². The highest BCUT2D eigenvalue weighted by molar-refractivity contribution is 9.10. The Balaban J connectivity index is 2.19. The number of nitrogens with zero attached hydrogens (tertiary/aromatic N) is 1. The van der Waals surface area contributed by atoms with Crippen molar-refractivity contribution in [3.05, 3.63) is 28.0 Å². The molecule has 1 heterocycles. The molecular formula is C14H18BrFN2OS. The lowest BCUT2D eigenvalue weighted by Crippen LogP contribution is -2.37. The fourth-order valence-corrected chi connectivity index (χ4v) is 3.45. The van der Waals surface area contributed by atoms with Crippen molar-refractivity contribution in [3.8, 4) is 0 Å². The van der Waals surface area contributed by atoms with Crippen LogP contribution in [-0.4, -0.2) is 29.3 Å². The zero-order valence-corrected chi connectivity index (χ0v) is 13.7. The third-order valence-electron chi connectivity index (χ3n) is 3.89. The molecule has 0 aromatic heterocycles. The van der Waals surface area contributed by atoms with Crippen molar-refractivity contribution in [1.29, 1.82) is 0 Å². The maximum Gasteiger partial charge on any atom is 0.161 e. The molecule has 0 radical (unpaired) electrons. The van der Waals surface area contributed by atoms with E-state index in [4.69, 9.17) is 18.0 Å². The highest BCUT2D eigenvalue weighted by Crippen LogP contribution is 2.32. The summed E-state index contributed by atoms with van der Waals surface area (Å²) in [6, 6.07) is 3.46. The van der Waals surface area contributed by atoms with Crippen molar-refractivity contribution >= 4 is 38.8 Å². The first-order chi connectivity index (χ1) is 9.41. The van der Waals surface area contributed by atoms with Gasteiger partial charge in [0, 0.05) is 18.7 Å². The first-order valence-corrected chi connectivity index (χ1v) is 7.82. The molecule has 1 atom stereocenters. The van der Waals surface area contributed by atoms with E-state index < -0.39 is 0 Å². The van der Waals surface area contributed by atoms with Gasteiger partial charge in [0.1, 0.15) is 4.99 Å². The molecule has 1 unspecified atom stereocenters. The summed E-state index contributed by atoms with van der Waals surface area (Å²) in [4.78, 5) is 2.18. The monoisotopic (exact) mass is 360 g/mol. The molecule has 1 aliphatic rings. The standard InChI is InChI=1S/C14H18BrFN2OS/c1-8(19)9-4-6-18(7-5-9)11-3-2-10(14(17)20)12(15)13(11)16/h2-3,8-9,19H,4-7H2,1H3,(H2,17,20). The number of piperidine rings is 1. The Morgan fingerprint density at radius 3 is 2.60 bits per heavy atom. The average Bonchev–Trinajstić information content (AvgIpc) is 2.41. The van der Waals surface area contributed by atoms with Crippen LogP contribution >= 0.6 is 28.1 Å². The number of anilines is 1. The van der Waals surface area contributed by atoms with Gasteiger partial charge in [0.2, 0.25) is 0 Å². The van der Waals surface area contributed by atoms with Crippen LogP contribution in [0.1, 0.15) is 25.3 Å². The number of halogens is 2. The van der Waals surface area contributed by atoms with Crippen LogP contribution in [0.5, 0.6) is 0 Å². The summed E-state index contributed by atoms with van der Waals surface area (Å²) >= 11 is 8.12. The third kappa shape index (κ3) is 3.13. The van der Waals surface area contributed by atoms with E-state index >= 15 is 0 Å². The number of hydrogen-bond donors (Lipinski definition) is 2. The fraction of sp³-hybridized carbons (Fsp3) is 0.500. The van der Waals surface area contributed by atoms with E-state index in [0.29, 0.717) is 21.6 Å². The molecule has 0 saturated carbocycles. The second-order valence-corrected chi connectivity index (χ2v) is 6.42. The van der Waals surface area contributed by atoms with Crippen LogP contribution in [0.25, 0.3) is 0 Å². The SMILES string of the molecule is CC(O)C1CCN(c2ccc(C(N)=S)c(Br)c2F)CC1. The summed E-state index contributed by atoms with van der Waals surface area (Å²) < 4.78 is 14.7. The van der Waals surface area contributed by atoms with E-state index in [1.807, 2.05) is 11.8 Å². The quantitative estimate of drug-likeness (QED) is 0.813. The fourth-order valence-electron chi connectivity index (χ4n) is 2.60. The summed E-state index contributed by atoms with van der Waals surface area (Å²) in [7, 11) is 0. The molecule has 3 N–H and O–H groups in total. The van der Waals surface area contributed by atoms with Crippen LogP contribution in [0.3, 0.4) is 0 Å². The maximum atomic E-state index is 14.4. The normalized spacial score (nSPS) is 18.1. The van der Waals surface area contributed by atoms with Gasteiger partial charge in [-0.15, -0.1) is 0 Å². The van der Waals surface area contributed by atoms with Gasteiger partial charge in [-0.2, -0.15) is 0 Å². The molecule has 2 rings (SSSR count). The Kier molecular flexibility index (Phi) is 4.99. The van der Waals surface area contributed by atoms with Gasteiger partial charge >= 0.3 is 0 Å². The Hall–Kier alpha value is -0.720. The Morgan fingerprint density at radius 2 is 2.10 bits per heavy atom. The minimum absolute atomic E-state index is 0.176. The Bertz CT molecular complexity index is 516. The van der Waals surface area contributed by atoms with Gasteiger partial charge in [-0.3, -0.25) is 0 Å². The largest absolute Gasteiger partial charge is 0.393 e. The number of aliphatic hydroxyl groups is 1. The first-order valence-electron chi connectivity index (χ1n) is 6.62. The van der Waals surface area contributed by atoms with E-state index in [0.717, 1.165) is 25.9 Å². The number of benzene rings is 1. The smallest absolute Gasteiger partial charge is 0.161 e. The van der Waals surface area contributed by atoms with E-state index in [1.165, 1.54) is 0 Å². The minimum Gasteiger partial charge on any atom is -0.393 e. The van der Waals surface area contributed by atoms with Crippen LogP contribution in [-0.2, 0) is 0 Å². The predicted molar refractivity (Wildman–Crippen MR) is 86.6 cm³/mol.